The van der Waals surface area contributed by atoms with E-state index in [9.17, 15) is 9.59 Å². The summed E-state index contributed by atoms with van der Waals surface area (Å²) in [6, 6.07) is 15.7. The Morgan fingerprint density at radius 2 is 1.90 bits per heavy atom. The number of nitrogens with one attached hydrogen (secondary N) is 2. The minimum atomic E-state index is -0.122. The molecule has 1 saturated carbocycles. The van der Waals surface area contributed by atoms with E-state index in [0.717, 1.165) is 29.9 Å². The molecule has 1 fully saturated rings. The van der Waals surface area contributed by atoms with Crippen molar-refractivity contribution in [2.24, 2.45) is 0 Å². The average Bonchev–Trinajstić information content (AvgIpc) is 3.50. The number of rotatable bonds is 8. The summed E-state index contributed by atoms with van der Waals surface area (Å²) in [5.74, 6) is 1.37. The van der Waals surface area contributed by atoms with Crippen LogP contribution in [0.2, 0.25) is 0 Å². The number of aryl methyl sites for hydroxylation is 1. The SMILES string of the molecule is CC(=O)Nc1cccc(-n2c(SCC(=O)NCc3ccc(C)cc3)nnc2C2CC2)c1. The molecule has 0 saturated heterocycles. The lowest BCUT2D eigenvalue weighted by molar-refractivity contribution is -0.118. The second kappa shape index (κ2) is 9.34. The van der Waals surface area contributed by atoms with Gasteiger partial charge in [-0.1, -0.05) is 47.7 Å². The number of benzene rings is 2. The molecule has 1 aliphatic carbocycles. The fraction of sp³-hybridized carbons (Fsp3) is 0.304. The largest absolute Gasteiger partial charge is 0.351 e. The Bertz CT molecular complexity index is 1090. The minimum Gasteiger partial charge on any atom is -0.351 e. The average molecular weight is 436 g/mol. The van der Waals surface area contributed by atoms with Gasteiger partial charge in [-0.25, -0.2) is 0 Å². The van der Waals surface area contributed by atoms with E-state index in [0.29, 0.717) is 23.3 Å². The van der Waals surface area contributed by atoms with Gasteiger partial charge in [-0.2, -0.15) is 0 Å². The topological polar surface area (TPSA) is 88.9 Å². The summed E-state index contributed by atoms with van der Waals surface area (Å²) in [5, 5.41) is 15.2. The van der Waals surface area contributed by atoms with Crippen LogP contribution in [-0.4, -0.2) is 32.3 Å². The molecule has 0 unspecified atom stereocenters. The number of hydrogen-bond acceptors (Lipinski definition) is 5. The Labute approximate surface area is 185 Å². The maximum atomic E-state index is 12.4. The highest BCUT2D eigenvalue weighted by Crippen LogP contribution is 2.41. The van der Waals surface area contributed by atoms with Crippen LogP contribution in [0, 0.1) is 6.92 Å². The predicted octanol–water partition coefficient (Wildman–Crippen LogP) is 3.82. The van der Waals surface area contributed by atoms with E-state index in [1.165, 1.54) is 24.2 Å². The second-order valence-corrected chi connectivity index (χ2v) is 8.68. The number of thioether (sulfide) groups is 1. The molecule has 1 aromatic heterocycles. The second-order valence-electron chi connectivity index (χ2n) is 7.73. The van der Waals surface area contributed by atoms with Crippen molar-refractivity contribution in [3.05, 3.63) is 65.5 Å². The molecule has 8 heteroatoms. The summed E-state index contributed by atoms with van der Waals surface area (Å²) in [6.45, 7) is 4.02. The molecular weight excluding hydrogens is 410 g/mol. The van der Waals surface area contributed by atoms with Crippen molar-refractivity contribution in [1.29, 1.82) is 0 Å². The van der Waals surface area contributed by atoms with Gasteiger partial charge in [0.1, 0.15) is 5.82 Å². The molecule has 0 aliphatic heterocycles. The van der Waals surface area contributed by atoms with Crippen LogP contribution in [0.15, 0.2) is 53.7 Å². The summed E-state index contributed by atoms with van der Waals surface area (Å²) in [7, 11) is 0. The van der Waals surface area contributed by atoms with Crippen LogP contribution in [0.5, 0.6) is 0 Å². The molecule has 2 amide bonds. The van der Waals surface area contributed by atoms with Crippen molar-refractivity contribution in [2.75, 3.05) is 11.1 Å². The van der Waals surface area contributed by atoms with Gasteiger partial charge >= 0.3 is 0 Å². The van der Waals surface area contributed by atoms with Gasteiger partial charge in [0.15, 0.2) is 5.16 Å². The Kier molecular flexibility index (Phi) is 6.36. The normalized spacial score (nSPS) is 13.1. The van der Waals surface area contributed by atoms with Crippen LogP contribution in [0.1, 0.15) is 42.6 Å². The summed E-state index contributed by atoms with van der Waals surface area (Å²) in [4.78, 5) is 23.8. The van der Waals surface area contributed by atoms with Crippen LogP contribution in [0.3, 0.4) is 0 Å². The fourth-order valence-electron chi connectivity index (χ4n) is 3.24. The Morgan fingerprint density at radius 1 is 1.13 bits per heavy atom. The molecule has 7 nitrogen and oxygen atoms in total. The molecule has 0 spiro atoms. The molecule has 31 heavy (non-hydrogen) atoms. The monoisotopic (exact) mass is 435 g/mol. The number of carbonyl (C=O) groups is 2. The number of nitrogens with zero attached hydrogens (tertiary/aromatic N) is 3. The van der Waals surface area contributed by atoms with E-state index in [-0.39, 0.29) is 17.6 Å². The number of carbonyl (C=O) groups excluding carboxylic acids is 2. The van der Waals surface area contributed by atoms with Crippen molar-refractivity contribution < 1.29 is 9.59 Å². The highest BCUT2D eigenvalue weighted by atomic mass is 32.2. The number of amides is 2. The standard InChI is InChI=1S/C23H25N5O2S/c1-15-6-8-17(9-7-15)13-24-21(30)14-31-23-27-26-22(18-10-11-18)28(23)20-5-3-4-19(12-20)25-16(2)29/h3-9,12,18H,10-11,13-14H2,1-2H3,(H,24,30)(H,25,29). The number of anilines is 1. The van der Waals surface area contributed by atoms with Crippen LogP contribution in [0.4, 0.5) is 5.69 Å². The summed E-state index contributed by atoms with van der Waals surface area (Å²) < 4.78 is 2.00. The fourth-order valence-corrected chi connectivity index (χ4v) is 4.03. The summed E-state index contributed by atoms with van der Waals surface area (Å²) >= 11 is 1.36. The summed E-state index contributed by atoms with van der Waals surface area (Å²) in [5.41, 5.74) is 3.85. The van der Waals surface area contributed by atoms with Crippen molar-refractivity contribution >= 4 is 29.3 Å². The molecule has 3 aromatic rings. The highest BCUT2D eigenvalue weighted by molar-refractivity contribution is 7.99. The van der Waals surface area contributed by atoms with Gasteiger partial charge in [0, 0.05) is 25.1 Å². The van der Waals surface area contributed by atoms with Gasteiger partial charge in [0.05, 0.1) is 11.4 Å². The van der Waals surface area contributed by atoms with Crippen LogP contribution >= 0.6 is 11.8 Å². The lowest BCUT2D eigenvalue weighted by atomic mass is 10.1. The first-order valence-corrected chi connectivity index (χ1v) is 11.3. The maximum absolute atomic E-state index is 12.4. The van der Waals surface area contributed by atoms with E-state index in [2.05, 4.69) is 20.8 Å². The lowest BCUT2D eigenvalue weighted by Gasteiger charge is -2.12. The van der Waals surface area contributed by atoms with Crippen LogP contribution in [0.25, 0.3) is 5.69 Å². The van der Waals surface area contributed by atoms with E-state index in [4.69, 9.17) is 0 Å². The lowest BCUT2D eigenvalue weighted by Crippen LogP contribution is -2.24. The summed E-state index contributed by atoms with van der Waals surface area (Å²) in [6.07, 6.45) is 2.18. The Balaban J connectivity index is 1.46. The van der Waals surface area contributed by atoms with E-state index in [1.54, 1.807) is 0 Å². The maximum Gasteiger partial charge on any atom is 0.230 e. The molecule has 0 radical (unpaired) electrons. The first-order chi connectivity index (χ1) is 15.0. The van der Waals surface area contributed by atoms with Gasteiger partial charge < -0.3 is 10.6 Å². The highest BCUT2D eigenvalue weighted by Gasteiger charge is 2.31. The van der Waals surface area contributed by atoms with Crippen molar-refractivity contribution in [2.45, 2.75) is 44.3 Å². The molecule has 1 heterocycles. The third-order valence-electron chi connectivity index (χ3n) is 4.97. The zero-order chi connectivity index (χ0) is 21.8. The third-order valence-corrected chi connectivity index (χ3v) is 5.90. The molecule has 1 aliphatic rings. The van der Waals surface area contributed by atoms with Gasteiger partial charge in [-0.3, -0.25) is 14.2 Å². The van der Waals surface area contributed by atoms with Gasteiger partial charge in [0.25, 0.3) is 0 Å². The van der Waals surface area contributed by atoms with Crippen LogP contribution < -0.4 is 10.6 Å². The van der Waals surface area contributed by atoms with E-state index < -0.39 is 0 Å². The quantitative estimate of drug-likeness (QED) is 0.525. The van der Waals surface area contributed by atoms with Crippen molar-refractivity contribution in [3.63, 3.8) is 0 Å². The van der Waals surface area contributed by atoms with Crippen molar-refractivity contribution in [3.8, 4) is 5.69 Å². The molecular formula is C23H25N5O2S. The molecule has 0 bridgehead atoms. The third kappa shape index (κ3) is 5.52. The predicted molar refractivity (Wildman–Crippen MR) is 121 cm³/mol. The molecule has 160 valence electrons. The number of aromatic nitrogens is 3. The van der Waals surface area contributed by atoms with Crippen molar-refractivity contribution in [1.82, 2.24) is 20.1 Å². The van der Waals surface area contributed by atoms with Gasteiger partial charge in [-0.15, -0.1) is 10.2 Å². The zero-order valence-electron chi connectivity index (χ0n) is 17.6. The van der Waals surface area contributed by atoms with E-state index in [1.807, 2.05) is 60.0 Å². The first-order valence-electron chi connectivity index (χ1n) is 10.3. The number of hydrogen-bond donors (Lipinski definition) is 2. The first kappa shape index (κ1) is 21.1. The molecule has 2 N–H and O–H groups in total. The minimum absolute atomic E-state index is 0.0555. The Morgan fingerprint density at radius 3 is 2.61 bits per heavy atom. The molecule has 0 atom stereocenters. The van der Waals surface area contributed by atoms with Crippen LogP contribution in [-0.2, 0) is 16.1 Å². The molecule has 2 aromatic carbocycles. The van der Waals surface area contributed by atoms with E-state index >= 15 is 0 Å². The van der Waals surface area contributed by atoms with Gasteiger partial charge in [-0.05, 0) is 43.5 Å². The Hall–Kier alpha value is -3.13. The smallest absolute Gasteiger partial charge is 0.230 e. The zero-order valence-corrected chi connectivity index (χ0v) is 18.4. The molecule has 4 rings (SSSR count). The van der Waals surface area contributed by atoms with Gasteiger partial charge in [0.2, 0.25) is 11.8 Å².